The molecule has 0 heterocycles. The first-order valence-corrected chi connectivity index (χ1v) is 22.8. The summed E-state index contributed by atoms with van der Waals surface area (Å²) in [5.74, 6) is -1.03. The molecule has 0 radical (unpaired) electrons. The Kier molecular flexibility index (Phi) is 37.8. The number of hydrogen-bond donors (Lipinski definition) is 4. The van der Waals surface area contributed by atoms with E-state index in [1.165, 1.54) is 44.9 Å². The predicted molar refractivity (Wildman–Crippen MR) is 225 cm³/mol. The lowest BCUT2D eigenvalue weighted by Crippen LogP contribution is -2.29. The summed E-state index contributed by atoms with van der Waals surface area (Å²) in [6.45, 7) is 2.15. The van der Waals surface area contributed by atoms with Crippen LogP contribution in [-0.4, -0.2) is 76.9 Å². The van der Waals surface area contributed by atoms with Gasteiger partial charge in [-0.2, -0.15) is 0 Å². The summed E-state index contributed by atoms with van der Waals surface area (Å²) in [7, 11) is -4.64. The zero-order chi connectivity index (χ0) is 41.4. The molecule has 0 aliphatic heterocycles. The van der Waals surface area contributed by atoms with Crippen LogP contribution in [0, 0.1) is 0 Å². The van der Waals surface area contributed by atoms with Gasteiger partial charge in [-0.25, -0.2) is 4.57 Å². The highest BCUT2D eigenvalue weighted by molar-refractivity contribution is 7.47. The fourth-order valence-electron chi connectivity index (χ4n) is 5.38. The van der Waals surface area contributed by atoms with Gasteiger partial charge in [0.25, 0.3) is 0 Å². The molecule has 0 aromatic carbocycles. The van der Waals surface area contributed by atoms with E-state index in [4.69, 9.17) is 19.1 Å². The third-order valence-electron chi connectivity index (χ3n) is 8.75. The predicted octanol–water partition coefficient (Wildman–Crippen LogP) is 10.1. The smallest absolute Gasteiger partial charge is 0.462 e. The Labute approximate surface area is 338 Å². The first-order valence-electron chi connectivity index (χ1n) is 21.4. The molecular formula is C44H77O11P. The molecule has 324 valence electrons. The minimum absolute atomic E-state index is 0.143. The van der Waals surface area contributed by atoms with Crippen LogP contribution in [0.1, 0.15) is 162 Å². The van der Waals surface area contributed by atoms with Crippen LogP contribution in [-0.2, 0) is 32.7 Å². The van der Waals surface area contributed by atoms with Crippen molar-refractivity contribution in [1.82, 2.24) is 0 Å². The van der Waals surface area contributed by atoms with Gasteiger partial charge in [0.2, 0.25) is 0 Å². The Hall–Kier alpha value is -2.37. The molecule has 0 spiro atoms. The largest absolute Gasteiger partial charge is 0.472 e. The first-order chi connectivity index (χ1) is 27.1. The number of rotatable bonds is 39. The second-order valence-corrected chi connectivity index (χ2v) is 15.7. The minimum Gasteiger partial charge on any atom is -0.462 e. The van der Waals surface area contributed by atoms with Gasteiger partial charge in [0.05, 0.1) is 25.9 Å². The molecule has 1 unspecified atom stereocenters. The van der Waals surface area contributed by atoms with E-state index < -0.39 is 51.8 Å². The van der Waals surface area contributed by atoms with E-state index in [0.717, 1.165) is 70.6 Å². The van der Waals surface area contributed by atoms with Gasteiger partial charge < -0.3 is 29.7 Å². The number of phosphoric ester groups is 1. The molecule has 0 saturated carbocycles. The van der Waals surface area contributed by atoms with Crippen molar-refractivity contribution < 1.29 is 52.9 Å². The van der Waals surface area contributed by atoms with Crippen LogP contribution in [0.15, 0.2) is 60.8 Å². The molecule has 0 rings (SSSR count). The fourth-order valence-corrected chi connectivity index (χ4v) is 6.17. The molecule has 0 amide bonds. The maximum Gasteiger partial charge on any atom is 0.472 e. The van der Waals surface area contributed by atoms with E-state index in [0.29, 0.717) is 19.3 Å². The minimum atomic E-state index is -4.64. The van der Waals surface area contributed by atoms with Crippen molar-refractivity contribution in [1.29, 1.82) is 0 Å². The summed E-state index contributed by atoms with van der Waals surface area (Å²) in [5, 5.41) is 28.2. The van der Waals surface area contributed by atoms with Crippen molar-refractivity contribution >= 4 is 19.8 Å². The lowest BCUT2D eigenvalue weighted by atomic mass is 10.1. The normalized spacial score (nSPS) is 15.0. The van der Waals surface area contributed by atoms with E-state index in [1.807, 2.05) is 36.5 Å². The summed E-state index contributed by atoms with van der Waals surface area (Å²) in [5.41, 5.74) is 0. The van der Waals surface area contributed by atoms with Gasteiger partial charge in [-0.05, 0) is 64.2 Å². The average molecular weight is 813 g/mol. The summed E-state index contributed by atoms with van der Waals surface area (Å²) in [6, 6.07) is 0. The highest BCUT2D eigenvalue weighted by atomic mass is 31.2. The number of phosphoric acid groups is 1. The van der Waals surface area contributed by atoms with Gasteiger partial charge in [0.1, 0.15) is 12.7 Å². The van der Waals surface area contributed by atoms with Gasteiger partial charge in [-0.15, -0.1) is 0 Å². The van der Waals surface area contributed by atoms with Gasteiger partial charge in [0, 0.05) is 12.8 Å². The lowest BCUT2D eigenvalue weighted by Gasteiger charge is -2.20. The topological polar surface area (TPSA) is 169 Å². The van der Waals surface area contributed by atoms with Crippen molar-refractivity contribution in [3.63, 3.8) is 0 Å². The molecule has 0 aliphatic rings. The van der Waals surface area contributed by atoms with E-state index in [1.54, 1.807) is 0 Å². The number of carbonyl (C=O) groups is 2. The SMILES string of the molecule is CCCCCC/C=C\CCCCCCCCCC(=O)O[C@H](COC(=O)CCC/C=C\C/C=C\C/C=C\C=C\[C@H](O)CCCCC)COP(=O)(O)OC[C@@H](O)CO. The molecule has 0 bridgehead atoms. The molecule has 11 nitrogen and oxygen atoms in total. The molecule has 0 saturated heterocycles. The van der Waals surface area contributed by atoms with Crippen molar-refractivity contribution in [2.75, 3.05) is 26.4 Å². The van der Waals surface area contributed by atoms with E-state index >= 15 is 0 Å². The Balaban J connectivity index is 4.45. The van der Waals surface area contributed by atoms with E-state index in [9.17, 15) is 29.3 Å². The van der Waals surface area contributed by atoms with Gasteiger partial charge >= 0.3 is 19.8 Å². The monoisotopic (exact) mass is 813 g/mol. The standard InChI is InChI=1S/C44H77O11P/c1-3-5-7-8-9-10-11-12-13-14-17-21-24-27-31-35-44(49)55-42(39-54-56(50,51)53-37-41(47)36-45)38-52-43(48)34-30-26-23-20-18-15-16-19-22-25-29-33-40(46)32-28-6-4-2/h10-11,15-16,20,22-23,25,29,33,40-42,45-47H,3-9,12-14,17-19,21,24,26-28,30-32,34-39H2,1-2H3,(H,50,51)/b11-10-,16-15-,23-20-,25-22-,33-29+/t40-,41+,42-/m1/s1. The van der Waals surface area contributed by atoms with Gasteiger partial charge in [-0.1, -0.05) is 145 Å². The number of unbranched alkanes of at least 4 members (excludes halogenated alkanes) is 14. The number of aliphatic hydroxyl groups excluding tert-OH is 3. The quantitative estimate of drug-likeness (QED) is 0.0153. The third-order valence-corrected chi connectivity index (χ3v) is 9.70. The second-order valence-electron chi connectivity index (χ2n) is 14.2. The van der Waals surface area contributed by atoms with Crippen LogP contribution in [0.4, 0.5) is 0 Å². The fraction of sp³-hybridized carbons (Fsp3) is 0.727. The Morgan fingerprint density at radius 1 is 0.607 bits per heavy atom. The summed E-state index contributed by atoms with van der Waals surface area (Å²) < 4.78 is 32.6. The van der Waals surface area contributed by atoms with Crippen LogP contribution in [0.2, 0.25) is 0 Å². The molecule has 56 heavy (non-hydrogen) atoms. The molecular weight excluding hydrogens is 735 g/mol. The molecule has 0 aliphatic carbocycles. The van der Waals surface area contributed by atoms with Crippen molar-refractivity contribution in [2.24, 2.45) is 0 Å². The number of hydrogen-bond acceptors (Lipinski definition) is 10. The molecule has 12 heteroatoms. The third kappa shape index (κ3) is 38.5. The van der Waals surface area contributed by atoms with Crippen LogP contribution >= 0.6 is 7.82 Å². The zero-order valence-electron chi connectivity index (χ0n) is 34.7. The van der Waals surface area contributed by atoms with Crippen molar-refractivity contribution in [3.8, 4) is 0 Å². The van der Waals surface area contributed by atoms with Crippen molar-refractivity contribution in [3.05, 3.63) is 60.8 Å². The lowest BCUT2D eigenvalue weighted by molar-refractivity contribution is -0.161. The van der Waals surface area contributed by atoms with Crippen LogP contribution in [0.3, 0.4) is 0 Å². The molecule has 4 atom stereocenters. The first kappa shape index (κ1) is 53.6. The molecule has 4 N–H and O–H groups in total. The number of esters is 2. The highest BCUT2D eigenvalue weighted by Gasteiger charge is 2.27. The zero-order valence-corrected chi connectivity index (χ0v) is 35.6. The Morgan fingerprint density at radius 3 is 1.82 bits per heavy atom. The maximum atomic E-state index is 12.6. The molecule has 0 aromatic rings. The Bertz CT molecular complexity index is 1130. The average Bonchev–Trinajstić information content (AvgIpc) is 3.18. The Morgan fingerprint density at radius 2 is 1.14 bits per heavy atom. The van der Waals surface area contributed by atoms with Crippen LogP contribution in [0.25, 0.3) is 0 Å². The van der Waals surface area contributed by atoms with E-state index in [-0.39, 0.29) is 25.6 Å². The molecule has 0 fully saturated rings. The second kappa shape index (κ2) is 39.5. The van der Waals surface area contributed by atoms with Gasteiger partial charge in [0.15, 0.2) is 6.10 Å². The summed E-state index contributed by atoms with van der Waals surface area (Å²) in [6.07, 6.45) is 39.4. The van der Waals surface area contributed by atoms with Crippen molar-refractivity contribution in [2.45, 2.75) is 180 Å². The highest BCUT2D eigenvalue weighted by Crippen LogP contribution is 2.43. The number of carbonyl (C=O) groups excluding carboxylic acids is 2. The summed E-state index contributed by atoms with van der Waals surface area (Å²) in [4.78, 5) is 34.9. The van der Waals surface area contributed by atoms with E-state index in [2.05, 4.69) is 42.7 Å². The number of aliphatic hydroxyl groups is 3. The maximum absolute atomic E-state index is 12.6. The van der Waals surface area contributed by atoms with Gasteiger partial charge in [-0.3, -0.25) is 18.6 Å². The molecule has 0 aromatic heterocycles. The number of ether oxygens (including phenoxy) is 2. The van der Waals surface area contributed by atoms with Crippen LogP contribution in [0.5, 0.6) is 0 Å². The van der Waals surface area contributed by atoms with Crippen LogP contribution < -0.4 is 0 Å². The number of allylic oxidation sites excluding steroid dienone is 9. The summed E-state index contributed by atoms with van der Waals surface area (Å²) >= 11 is 0.